The van der Waals surface area contributed by atoms with Crippen molar-refractivity contribution in [2.24, 2.45) is 0 Å². The SMILES string of the molecule is CCCC.CCCN(CCC)c1cccc(C)c1Cl. The quantitative estimate of drug-likeness (QED) is 0.611. The average Bonchev–Trinajstić information content (AvgIpc) is 2.42. The maximum atomic E-state index is 6.32. The van der Waals surface area contributed by atoms with E-state index in [4.69, 9.17) is 11.6 Å². The minimum absolute atomic E-state index is 0.902. The Morgan fingerprint density at radius 3 is 1.84 bits per heavy atom. The predicted molar refractivity (Wildman–Crippen MR) is 89.6 cm³/mol. The topological polar surface area (TPSA) is 3.24 Å². The van der Waals surface area contributed by atoms with Gasteiger partial charge in [0.1, 0.15) is 0 Å². The molecule has 1 aromatic carbocycles. The normalized spacial score (nSPS) is 9.79. The van der Waals surface area contributed by atoms with E-state index < -0.39 is 0 Å². The van der Waals surface area contributed by atoms with E-state index in [0.29, 0.717) is 0 Å². The molecule has 1 rings (SSSR count). The highest BCUT2D eigenvalue weighted by molar-refractivity contribution is 6.34. The van der Waals surface area contributed by atoms with Gasteiger partial charge in [0.05, 0.1) is 10.7 Å². The molecule has 2 heteroatoms. The first-order valence-electron chi connectivity index (χ1n) is 7.62. The first kappa shape index (κ1) is 18.3. The molecule has 0 spiro atoms. The summed E-state index contributed by atoms with van der Waals surface area (Å²) in [5.41, 5.74) is 2.34. The lowest BCUT2D eigenvalue weighted by Crippen LogP contribution is -2.25. The molecule has 0 aromatic heterocycles. The van der Waals surface area contributed by atoms with Crippen molar-refractivity contribution in [3.8, 4) is 0 Å². The van der Waals surface area contributed by atoms with Gasteiger partial charge in [0, 0.05) is 13.1 Å². The number of hydrogen-bond acceptors (Lipinski definition) is 1. The maximum Gasteiger partial charge on any atom is 0.0668 e. The van der Waals surface area contributed by atoms with Crippen LogP contribution in [-0.2, 0) is 0 Å². The number of aryl methyl sites for hydroxylation is 1. The van der Waals surface area contributed by atoms with E-state index in [-0.39, 0.29) is 0 Å². The van der Waals surface area contributed by atoms with Gasteiger partial charge in [-0.3, -0.25) is 0 Å². The Morgan fingerprint density at radius 2 is 1.42 bits per heavy atom. The van der Waals surface area contributed by atoms with E-state index in [1.54, 1.807) is 0 Å². The summed E-state index contributed by atoms with van der Waals surface area (Å²) in [5.74, 6) is 0. The second-order valence-electron chi connectivity index (χ2n) is 4.90. The van der Waals surface area contributed by atoms with Gasteiger partial charge in [-0.05, 0) is 31.4 Å². The number of hydrogen-bond donors (Lipinski definition) is 0. The lowest BCUT2D eigenvalue weighted by molar-refractivity contribution is 0.745. The molecule has 1 nitrogen and oxygen atoms in total. The monoisotopic (exact) mass is 283 g/mol. The summed E-state index contributed by atoms with van der Waals surface area (Å²) in [6, 6.07) is 6.25. The van der Waals surface area contributed by atoms with Crippen molar-refractivity contribution in [3.63, 3.8) is 0 Å². The van der Waals surface area contributed by atoms with Gasteiger partial charge in [0.2, 0.25) is 0 Å². The second kappa shape index (κ2) is 11.2. The van der Waals surface area contributed by atoms with Crippen molar-refractivity contribution < 1.29 is 0 Å². The van der Waals surface area contributed by atoms with Crippen LogP contribution in [0.3, 0.4) is 0 Å². The number of rotatable bonds is 6. The molecule has 0 fully saturated rings. The van der Waals surface area contributed by atoms with Gasteiger partial charge < -0.3 is 4.90 Å². The highest BCUT2D eigenvalue weighted by Crippen LogP contribution is 2.28. The Kier molecular flexibility index (Phi) is 10.8. The fourth-order valence-electron chi connectivity index (χ4n) is 1.77. The van der Waals surface area contributed by atoms with Crippen LogP contribution >= 0.6 is 11.6 Å². The van der Waals surface area contributed by atoms with Gasteiger partial charge in [-0.2, -0.15) is 0 Å². The third-order valence-electron chi connectivity index (χ3n) is 3.00. The molecular formula is C17H30ClN. The smallest absolute Gasteiger partial charge is 0.0668 e. The Bertz CT molecular complexity index is 328. The molecule has 110 valence electrons. The van der Waals surface area contributed by atoms with Crippen molar-refractivity contribution >= 4 is 17.3 Å². The van der Waals surface area contributed by atoms with Gasteiger partial charge in [0.15, 0.2) is 0 Å². The number of anilines is 1. The molecule has 0 aliphatic rings. The Balaban J connectivity index is 0.000000711. The molecule has 0 unspecified atom stereocenters. The second-order valence-corrected chi connectivity index (χ2v) is 5.27. The molecule has 0 heterocycles. The standard InChI is InChI=1S/C13H20ClN.C4H10/c1-4-9-15(10-5-2)12-8-6-7-11(3)13(12)14;1-3-4-2/h6-8H,4-5,9-10H2,1-3H3;3-4H2,1-2H3. The van der Waals surface area contributed by atoms with Crippen LogP contribution in [0, 0.1) is 6.92 Å². The first-order valence-corrected chi connectivity index (χ1v) is 8.00. The lowest BCUT2D eigenvalue weighted by atomic mass is 10.2. The number of nitrogens with zero attached hydrogens (tertiary/aromatic N) is 1. The number of benzene rings is 1. The summed E-state index contributed by atoms with van der Waals surface area (Å²) in [7, 11) is 0. The molecule has 0 amide bonds. The summed E-state index contributed by atoms with van der Waals surface area (Å²) in [4.78, 5) is 2.37. The molecular weight excluding hydrogens is 254 g/mol. The van der Waals surface area contributed by atoms with Crippen molar-refractivity contribution in [3.05, 3.63) is 28.8 Å². The van der Waals surface area contributed by atoms with E-state index in [9.17, 15) is 0 Å². The third kappa shape index (κ3) is 6.87. The summed E-state index contributed by atoms with van der Waals surface area (Å²) in [6.45, 7) is 13.0. The van der Waals surface area contributed by atoms with Crippen LogP contribution in [0.5, 0.6) is 0 Å². The molecule has 0 saturated carbocycles. The van der Waals surface area contributed by atoms with Gasteiger partial charge in [-0.25, -0.2) is 0 Å². The van der Waals surface area contributed by atoms with Gasteiger partial charge in [-0.15, -0.1) is 0 Å². The largest absolute Gasteiger partial charge is 0.370 e. The van der Waals surface area contributed by atoms with E-state index in [1.807, 2.05) is 0 Å². The fraction of sp³-hybridized carbons (Fsp3) is 0.647. The predicted octanol–water partition coefficient (Wildman–Crippen LogP) is 6.08. The molecule has 0 N–H and O–H groups in total. The number of halogens is 1. The summed E-state index contributed by atoms with van der Waals surface area (Å²) in [6.07, 6.45) is 4.95. The van der Waals surface area contributed by atoms with Crippen LogP contribution < -0.4 is 4.90 Å². The van der Waals surface area contributed by atoms with Gasteiger partial charge in [-0.1, -0.05) is 64.3 Å². The maximum absolute atomic E-state index is 6.32. The molecule has 0 aliphatic heterocycles. The Labute approximate surface area is 125 Å². The van der Waals surface area contributed by atoms with Crippen LogP contribution in [0.1, 0.15) is 58.9 Å². The van der Waals surface area contributed by atoms with E-state index >= 15 is 0 Å². The Morgan fingerprint density at radius 1 is 0.895 bits per heavy atom. The van der Waals surface area contributed by atoms with Crippen LogP contribution in [0.4, 0.5) is 5.69 Å². The van der Waals surface area contributed by atoms with Crippen LogP contribution in [0.25, 0.3) is 0 Å². The van der Waals surface area contributed by atoms with Crippen molar-refractivity contribution in [2.75, 3.05) is 18.0 Å². The zero-order valence-corrected chi connectivity index (χ0v) is 14.1. The van der Waals surface area contributed by atoms with Gasteiger partial charge >= 0.3 is 0 Å². The van der Waals surface area contributed by atoms with Gasteiger partial charge in [0.25, 0.3) is 0 Å². The molecule has 0 aliphatic carbocycles. The molecule has 19 heavy (non-hydrogen) atoms. The van der Waals surface area contributed by atoms with Crippen molar-refractivity contribution in [2.45, 2.75) is 60.3 Å². The average molecular weight is 284 g/mol. The Hall–Kier alpha value is -0.690. The van der Waals surface area contributed by atoms with Crippen LogP contribution in [0.15, 0.2) is 18.2 Å². The zero-order chi connectivity index (χ0) is 14.7. The van der Waals surface area contributed by atoms with Crippen molar-refractivity contribution in [1.82, 2.24) is 0 Å². The molecule has 0 saturated heterocycles. The van der Waals surface area contributed by atoms with E-state index in [0.717, 1.165) is 36.5 Å². The van der Waals surface area contributed by atoms with Crippen molar-refractivity contribution in [1.29, 1.82) is 0 Å². The first-order chi connectivity index (χ1) is 9.12. The van der Waals surface area contributed by atoms with Crippen LogP contribution in [0.2, 0.25) is 5.02 Å². The summed E-state index contributed by atoms with van der Waals surface area (Å²) < 4.78 is 0. The molecule has 1 aromatic rings. The summed E-state index contributed by atoms with van der Waals surface area (Å²) >= 11 is 6.32. The molecule has 0 radical (unpaired) electrons. The van der Waals surface area contributed by atoms with E-state index in [2.05, 4.69) is 57.7 Å². The number of unbranched alkanes of at least 4 members (excludes halogenated alkanes) is 1. The highest BCUT2D eigenvalue weighted by Gasteiger charge is 2.09. The highest BCUT2D eigenvalue weighted by atomic mass is 35.5. The molecule has 0 atom stereocenters. The third-order valence-corrected chi connectivity index (χ3v) is 3.49. The lowest BCUT2D eigenvalue weighted by Gasteiger charge is -2.25. The fourth-order valence-corrected chi connectivity index (χ4v) is 2.01. The minimum Gasteiger partial charge on any atom is -0.370 e. The zero-order valence-electron chi connectivity index (χ0n) is 13.3. The van der Waals surface area contributed by atoms with E-state index in [1.165, 1.54) is 18.5 Å². The minimum atomic E-state index is 0.902. The summed E-state index contributed by atoms with van der Waals surface area (Å²) in [5, 5.41) is 0.902. The molecule has 0 bridgehead atoms. The van der Waals surface area contributed by atoms with Crippen LogP contribution in [-0.4, -0.2) is 13.1 Å².